The molecule has 0 saturated heterocycles. The van der Waals surface area contributed by atoms with E-state index in [-0.39, 0.29) is 5.57 Å². The number of anilines is 1. The molecule has 0 fully saturated rings. The molecule has 0 aliphatic carbocycles. The first kappa shape index (κ1) is 26.8. The number of benzene rings is 3. The number of hydrogen-bond acceptors (Lipinski definition) is 5. The second-order valence-electron chi connectivity index (χ2n) is 8.05. The van der Waals surface area contributed by atoms with Gasteiger partial charge in [-0.1, -0.05) is 18.2 Å². The van der Waals surface area contributed by atoms with E-state index in [1.165, 1.54) is 17.2 Å². The van der Waals surface area contributed by atoms with E-state index in [4.69, 9.17) is 14.2 Å². The summed E-state index contributed by atoms with van der Waals surface area (Å²) in [6, 6.07) is 18.7. The van der Waals surface area contributed by atoms with Gasteiger partial charge in [0.25, 0.3) is 5.91 Å². The topological polar surface area (TPSA) is 80.6 Å². The molecule has 0 radical (unpaired) electrons. The first-order valence-corrected chi connectivity index (χ1v) is 12.4. The van der Waals surface area contributed by atoms with Crippen LogP contribution in [0.5, 0.6) is 17.2 Å². The summed E-state index contributed by atoms with van der Waals surface area (Å²) in [6.07, 6.45) is 1.52. The van der Waals surface area contributed by atoms with Gasteiger partial charge in [-0.25, -0.2) is 0 Å². The van der Waals surface area contributed by atoms with Crippen molar-refractivity contribution in [3.8, 4) is 23.3 Å². The molecule has 0 aliphatic heterocycles. The van der Waals surface area contributed by atoms with Crippen molar-refractivity contribution >= 4 is 33.6 Å². The van der Waals surface area contributed by atoms with E-state index in [0.717, 1.165) is 5.56 Å². The number of nitrogens with one attached hydrogen (secondary N) is 1. The molecule has 186 valence electrons. The fourth-order valence-electron chi connectivity index (χ4n) is 3.44. The maximum Gasteiger partial charge on any atom is 0.266 e. The van der Waals surface area contributed by atoms with Crippen LogP contribution in [0.15, 0.2) is 64.6 Å². The van der Waals surface area contributed by atoms with Crippen molar-refractivity contribution in [3.63, 3.8) is 0 Å². The van der Waals surface area contributed by atoms with Crippen LogP contribution in [0.4, 0.5) is 5.69 Å². The number of carbonyl (C=O) groups excluding carboxylic acids is 1. The Morgan fingerprint density at radius 1 is 0.972 bits per heavy atom. The average Bonchev–Trinajstić information content (AvgIpc) is 2.85. The Bertz CT molecular complexity index is 1290. The van der Waals surface area contributed by atoms with Crippen LogP contribution in [0, 0.1) is 25.2 Å². The van der Waals surface area contributed by atoms with Gasteiger partial charge in [-0.15, -0.1) is 0 Å². The van der Waals surface area contributed by atoms with Gasteiger partial charge < -0.3 is 19.5 Å². The first-order chi connectivity index (χ1) is 17.3. The Morgan fingerprint density at radius 3 is 2.33 bits per heavy atom. The van der Waals surface area contributed by atoms with Gasteiger partial charge in [-0.2, -0.15) is 5.26 Å². The third-order valence-corrected chi connectivity index (χ3v) is 5.97. The Kier molecular flexibility index (Phi) is 9.54. The Labute approximate surface area is 220 Å². The van der Waals surface area contributed by atoms with E-state index in [2.05, 4.69) is 47.2 Å². The summed E-state index contributed by atoms with van der Waals surface area (Å²) in [5.41, 5.74) is 4.63. The molecule has 0 heterocycles. The average molecular weight is 549 g/mol. The van der Waals surface area contributed by atoms with Crippen molar-refractivity contribution in [2.75, 3.05) is 18.5 Å². The zero-order chi connectivity index (χ0) is 26.1. The molecule has 0 unspecified atom stereocenters. The van der Waals surface area contributed by atoms with Crippen LogP contribution in [0.25, 0.3) is 6.08 Å². The number of halogens is 1. The van der Waals surface area contributed by atoms with Crippen LogP contribution >= 0.6 is 15.9 Å². The molecule has 6 nitrogen and oxygen atoms in total. The van der Waals surface area contributed by atoms with Crippen molar-refractivity contribution in [1.82, 2.24) is 0 Å². The first-order valence-electron chi connectivity index (χ1n) is 11.7. The highest BCUT2D eigenvalue weighted by atomic mass is 79.9. The fourth-order valence-corrected chi connectivity index (χ4v) is 4.01. The minimum atomic E-state index is -0.509. The monoisotopic (exact) mass is 548 g/mol. The summed E-state index contributed by atoms with van der Waals surface area (Å²) in [5, 5.41) is 12.4. The van der Waals surface area contributed by atoms with Gasteiger partial charge in [0.15, 0.2) is 11.5 Å². The number of carbonyl (C=O) groups is 1. The standard InChI is InChI=1S/C29H29BrN2O4/c1-5-34-25-11-9-24(10-12-25)32-29(33)23(17-31)14-22-15-26(30)28(27(16-22)35-6-2)36-18-21-8-7-19(3)20(4)13-21/h7-16H,5-6,18H2,1-4H3,(H,32,33)/b23-14+. The van der Waals surface area contributed by atoms with Crippen molar-refractivity contribution in [1.29, 1.82) is 5.26 Å². The van der Waals surface area contributed by atoms with Crippen LogP contribution in [0.3, 0.4) is 0 Å². The molecule has 0 spiro atoms. The normalized spacial score (nSPS) is 10.9. The lowest BCUT2D eigenvalue weighted by molar-refractivity contribution is -0.112. The summed E-state index contributed by atoms with van der Waals surface area (Å²) in [7, 11) is 0. The minimum Gasteiger partial charge on any atom is -0.494 e. The van der Waals surface area contributed by atoms with Gasteiger partial charge in [0.2, 0.25) is 0 Å². The van der Waals surface area contributed by atoms with E-state index >= 15 is 0 Å². The molecule has 0 aromatic heterocycles. The molecule has 0 saturated carbocycles. The second kappa shape index (κ2) is 12.8. The quantitative estimate of drug-likeness (QED) is 0.218. The predicted molar refractivity (Wildman–Crippen MR) is 145 cm³/mol. The molecule has 7 heteroatoms. The molecular formula is C29H29BrN2O4. The molecular weight excluding hydrogens is 520 g/mol. The summed E-state index contributed by atoms with van der Waals surface area (Å²) < 4.78 is 18.0. The number of ether oxygens (including phenoxy) is 3. The number of hydrogen-bond donors (Lipinski definition) is 1. The number of aryl methyl sites for hydroxylation is 2. The molecule has 1 amide bonds. The molecule has 0 aliphatic rings. The summed E-state index contributed by atoms with van der Waals surface area (Å²) >= 11 is 3.56. The van der Waals surface area contributed by atoms with Crippen LogP contribution in [-0.4, -0.2) is 19.1 Å². The summed E-state index contributed by atoms with van der Waals surface area (Å²) in [6.45, 7) is 9.30. The molecule has 0 bridgehead atoms. The van der Waals surface area contributed by atoms with Gasteiger partial charge in [0.1, 0.15) is 24.0 Å². The second-order valence-corrected chi connectivity index (χ2v) is 8.91. The van der Waals surface area contributed by atoms with Crippen LogP contribution in [0.2, 0.25) is 0 Å². The van der Waals surface area contributed by atoms with Crippen molar-refractivity contribution in [2.45, 2.75) is 34.3 Å². The van der Waals surface area contributed by atoms with Crippen molar-refractivity contribution < 1.29 is 19.0 Å². The van der Waals surface area contributed by atoms with E-state index in [1.807, 2.05) is 26.0 Å². The summed E-state index contributed by atoms with van der Waals surface area (Å²) in [5.74, 6) is 1.28. The maximum absolute atomic E-state index is 12.7. The minimum absolute atomic E-state index is 0.0398. The van der Waals surface area contributed by atoms with Gasteiger partial charge in [-0.3, -0.25) is 4.79 Å². The van der Waals surface area contributed by atoms with Crippen LogP contribution in [0.1, 0.15) is 36.1 Å². The highest BCUT2D eigenvalue weighted by Gasteiger charge is 2.15. The van der Waals surface area contributed by atoms with Gasteiger partial charge in [0.05, 0.1) is 17.7 Å². The van der Waals surface area contributed by atoms with Crippen LogP contribution < -0.4 is 19.5 Å². The fraction of sp³-hybridized carbons (Fsp3) is 0.241. The Balaban J connectivity index is 1.80. The Hall–Kier alpha value is -3.76. The van der Waals surface area contributed by atoms with E-state index in [9.17, 15) is 10.1 Å². The van der Waals surface area contributed by atoms with Gasteiger partial charge >= 0.3 is 0 Å². The van der Waals surface area contributed by atoms with E-state index in [0.29, 0.717) is 52.8 Å². The largest absolute Gasteiger partial charge is 0.494 e. The van der Waals surface area contributed by atoms with E-state index in [1.54, 1.807) is 36.4 Å². The number of nitriles is 1. The highest BCUT2D eigenvalue weighted by molar-refractivity contribution is 9.10. The SMILES string of the molecule is CCOc1ccc(NC(=O)/C(C#N)=C/c2cc(Br)c(OCc3ccc(C)c(C)c3)c(OCC)c2)cc1. The number of rotatable bonds is 10. The molecule has 0 atom stereocenters. The number of amides is 1. The van der Waals surface area contributed by atoms with Crippen molar-refractivity contribution in [2.24, 2.45) is 0 Å². The van der Waals surface area contributed by atoms with Gasteiger partial charge in [-0.05, 0) is 108 Å². The third kappa shape index (κ3) is 7.12. The number of nitrogens with zero attached hydrogens (tertiary/aromatic N) is 1. The lowest BCUT2D eigenvalue weighted by Crippen LogP contribution is -2.13. The smallest absolute Gasteiger partial charge is 0.266 e. The lowest BCUT2D eigenvalue weighted by atomic mass is 10.1. The molecule has 3 aromatic rings. The zero-order valence-corrected chi connectivity index (χ0v) is 22.4. The van der Waals surface area contributed by atoms with Gasteiger partial charge in [0, 0.05) is 5.69 Å². The predicted octanol–water partition coefficient (Wildman–Crippen LogP) is 6.99. The molecule has 36 heavy (non-hydrogen) atoms. The molecule has 3 rings (SSSR count). The third-order valence-electron chi connectivity index (χ3n) is 5.39. The maximum atomic E-state index is 12.7. The zero-order valence-electron chi connectivity index (χ0n) is 20.9. The molecule has 3 aromatic carbocycles. The van der Waals surface area contributed by atoms with E-state index < -0.39 is 5.91 Å². The Morgan fingerprint density at radius 2 is 1.69 bits per heavy atom. The highest BCUT2D eigenvalue weighted by Crippen LogP contribution is 2.38. The van der Waals surface area contributed by atoms with Crippen molar-refractivity contribution in [3.05, 3.63) is 86.9 Å². The van der Waals surface area contributed by atoms with Crippen LogP contribution in [-0.2, 0) is 11.4 Å². The lowest BCUT2D eigenvalue weighted by Gasteiger charge is -2.15. The molecule has 1 N–H and O–H groups in total. The summed E-state index contributed by atoms with van der Waals surface area (Å²) in [4.78, 5) is 12.7.